The maximum absolute atomic E-state index is 13.6. The highest BCUT2D eigenvalue weighted by molar-refractivity contribution is 6.33. The van der Waals surface area contributed by atoms with E-state index in [1.807, 2.05) is 43.3 Å². The van der Waals surface area contributed by atoms with Crippen LogP contribution >= 0.6 is 11.6 Å². The van der Waals surface area contributed by atoms with Crippen LogP contribution in [0.4, 0.5) is 17.3 Å². The Hall–Kier alpha value is -4.12. The van der Waals surface area contributed by atoms with E-state index < -0.39 is 0 Å². The smallest absolute Gasteiger partial charge is 0.260 e. The zero-order valence-electron chi connectivity index (χ0n) is 21.8. The minimum absolute atomic E-state index is 0.151. The number of anilines is 3. The molecule has 2 aromatic carbocycles. The van der Waals surface area contributed by atoms with Gasteiger partial charge in [0.25, 0.3) is 5.56 Å². The quantitative estimate of drug-likeness (QED) is 0.291. The molecular weight excluding hydrogens is 514 g/mol. The van der Waals surface area contributed by atoms with E-state index in [1.165, 1.54) is 5.69 Å². The fourth-order valence-electron chi connectivity index (χ4n) is 4.96. The van der Waals surface area contributed by atoms with Gasteiger partial charge in [0, 0.05) is 83.6 Å². The van der Waals surface area contributed by atoms with E-state index in [2.05, 4.69) is 55.7 Å². The standard InChI is InChI=1S/C28H30ClN9O/c1-3-38-26-19(14-23(27(38)39)22-9-4-18(15-24(22)29)25-17-31-35-34-25)16-30-28(33-26)32-20-5-7-21(8-6-20)37-12-10-36(2)11-13-37/h4-9,14-17,31,34-35H,3,10-13H2,1-2H3,(H,30,32,33). The summed E-state index contributed by atoms with van der Waals surface area (Å²) in [5.41, 5.74) is 14.1. The number of hydrogen-bond acceptors (Lipinski definition) is 9. The molecule has 0 bridgehead atoms. The van der Waals surface area contributed by atoms with Gasteiger partial charge in [-0.3, -0.25) is 9.36 Å². The lowest BCUT2D eigenvalue weighted by Crippen LogP contribution is -2.44. The zero-order valence-corrected chi connectivity index (χ0v) is 22.6. The Kier molecular flexibility index (Phi) is 6.82. The molecule has 0 aliphatic carbocycles. The number of nitrogens with zero attached hydrogens (tertiary/aromatic N) is 5. The normalized spacial score (nSPS) is 15.7. The van der Waals surface area contributed by atoms with Gasteiger partial charge in [-0.2, -0.15) is 10.5 Å². The van der Waals surface area contributed by atoms with E-state index in [0.717, 1.165) is 48.5 Å². The summed E-state index contributed by atoms with van der Waals surface area (Å²) in [4.78, 5) is 27.5. The number of aromatic nitrogens is 3. The Morgan fingerprint density at radius 3 is 2.51 bits per heavy atom. The molecule has 1 fully saturated rings. The fraction of sp³-hybridized carbons (Fsp3) is 0.250. The molecule has 4 aromatic rings. The summed E-state index contributed by atoms with van der Waals surface area (Å²) in [7, 11) is 2.15. The molecule has 2 aromatic heterocycles. The van der Waals surface area contributed by atoms with E-state index in [9.17, 15) is 4.79 Å². The van der Waals surface area contributed by atoms with Gasteiger partial charge in [-0.25, -0.2) is 4.98 Å². The Balaban J connectivity index is 1.28. The first-order valence-corrected chi connectivity index (χ1v) is 13.4. The van der Waals surface area contributed by atoms with Crippen molar-refractivity contribution in [2.24, 2.45) is 0 Å². The summed E-state index contributed by atoms with van der Waals surface area (Å²) in [6.45, 7) is 6.56. The second kappa shape index (κ2) is 10.6. The van der Waals surface area contributed by atoms with Crippen LogP contribution in [0.2, 0.25) is 5.02 Å². The molecule has 4 heterocycles. The van der Waals surface area contributed by atoms with Gasteiger partial charge in [0.1, 0.15) is 5.65 Å². The van der Waals surface area contributed by atoms with E-state index in [0.29, 0.717) is 34.3 Å². The number of aryl methyl sites for hydroxylation is 1. The molecule has 2 aliphatic heterocycles. The van der Waals surface area contributed by atoms with Crippen LogP contribution in [0.25, 0.3) is 27.9 Å². The summed E-state index contributed by atoms with van der Waals surface area (Å²) in [5, 5.41) is 4.53. The summed E-state index contributed by atoms with van der Waals surface area (Å²) >= 11 is 6.65. The van der Waals surface area contributed by atoms with Gasteiger partial charge in [-0.15, -0.1) is 0 Å². The minimum atomic E-state index is -0.151. The number of hydrazine groups is 2. The first-order valence-electron chi connectivity index (χ1n) is 13.0. The first kappa shape index (κ1) is 25.2. The summed E-state index contributed by atoms with van der Waals surface area (Å²) in [6, 6.07) is 15.7. The molecule has 4 N–H and O–H groups in total. The summed E-state index contributed by atoms with van der Waals surface area (Å²) in [5.74, 6) is 0.436. The average molecular weight is 544 g/mol. The number of rotatable bonds is 6. The predicted octanol–water partition coefficient (Wildman–Crippen LogP) is 3.54. The first-order chi connectivity index (χ1) is 19.0. The molecule has 1 saturated heterocycles. The third-order valence-electron chi connectivity index (χ3n) is 7.19. The highest BCUT2D eigenvalue weighted by Gasteiger charge is 2.17. The van der Waals surface area contributed by atoms with Crippen LogP contribution in [0.15, 0.2) is 65.7 Å². The highest BCUT2D eigenvalue weighted by Crippen LogP contribution is 2.30. The molecule has 0 saturated carbocycles. The van der Waals surface area contributed by atoms with Gasteiger partial charge in [0.2, 0.25) is 5.95 Å². The third kappa shape index (κ3) is 5.01. The molecule has 0 radical (unpaired) electrons. The number of piperazine rings is 1. The average Bonchev–Trinajstić information content (AvgIpc) is 3.49. The van der Waals surface area contributed by atoms with Crippen LogP contribution in [-0.4, -0.2) is 52.7 Å². The van der Waals surface area contributed by atoms with Crippen molar-refractivity contribution in [2.45, 2.75) is 13.5 Å². The molecular formula is C28H30ClN9O. The van der Waals surface area contributed by atoms with E-state index in [-0.39, 0.29) is 5.56 Å². The number of fused-ring (bicyclic) bond motifs is 1. The minimum Gasteiger partial charge on any atom is -0.369 e. The summed E-state index contributed by atoms with van der Waals surface area (Å²) < 4.78 is 1.66. The fourth-order valence-corrected chi connectivity index (χ4v) is 5.24. The van der Waals surface area contributed by atoms with Crippen LogP contribution in [0, 0.1) is 0 Å². The van der Waals surface area contributed by atoms with Gasteiger partial charge in [0.05, 0.1) is 5.70 Å². The zero-order chi connectivity index (χ0) is 26.9. The Morgan fingerprint density at radius 2 is 1.82 bits per heavy atom. The van der Waals surface area contributed by atoms with Gasteiger partial charge < -0.3 is 26.0 Å². The van der Waals surface area contributed by atoms with Crippen LogP contribution in [0.1, 0.15) is 12.5 Å². The lowest BCUT2D eigenvalue weighted by molar-refractivity contribution is 0.313. The van der Waals surface area contributed by atoms with Gasteiger partial charge >= 0.3 is 0 Å². The Morgan fingerprint density at radius 1 is 1.03 bits per heavy atom. The number of benzene rings is 2. The molecule has 0 unspecified atom stereocenters. The molecule has 200 valence electrons. The van der Waals surface area contributed by atoms with Crippen molar-refractivity contribution in [3.05, 3.63) is 81.9 Å². The number of hydrogen-bond donors (Lipinski definition) is 4. The van der Waals surface area contributed by atoms with E-state index in [1.54, 1.807) is 17.0 Å². The largest absolute Gasteiger partial charge is 0.369 e. The van der Waals surface area contributed by atoms with Crippen molar-refractivity contribution in [1.82, 2.24) is 35.8 Å². The topological polar surface area (TPSA) is 102 Å². The van der Waals surface area contributed by atoms with Crippen LogP contribution in [0.5, 0.6) is 0 Å². The van der Waals surface area contributed by atoms with Crippen molar-refractivity contribution in [2.75, 3.05) is 43.4 Å². The maximum Gasteiger partial charge on any atom is 0.260 e. The molecule has 0 atom stereocenters. The second-order valence-corrected chi connectivity index (χ2v) is 10.1. The van der Waals surface area contributed by atoms with Crippen molar-refractivity contribution >= 4 is 45.7 Å². The van der Waals surface area contributed by atoms with Crippen molar-refractivity contribution < 1.29 is 0 Å². The molecule has 0 amide bonds. The van der Waals surface area contributed by atoms with Crippen molar-refractivity contribution in [3.63, 3.8) is 0 Å². The van der Waals surface area contributed by atoms with Gasteiger partial charge in [-0.05, 0) is 50.4 Å². The lowest BCUT2D eigenvalue weighted by Gasteiger charge is -2.34. The molecule has 0 spiro atoms. The predicted molar refractivity (Wildman–Crippen MR) is 157 cm³/mol. The summed E-state index contributed by atoms with van der Waals surface area (Å²) in [6.07, 6.45) is 3.54. The second-order valence-electron chi connectivity index (χ2n) is 9.69. The molecule has 10 nitrogen and oxygen atoms in total. The SMILES string of the molecule is CCn1c(=O)c(-c2ccc(C3=CNNN3)cc2Cl)cc2cnc(Nc3ccc(N4CCN(C)CC4)cc3)nc21. The Bertz CT molecular complexity index is 1610. The Labute approximate surface area is 231 Å². The molecule has 6 rings (SSSR count). The van der Waals surface area contributed by atoms with Crippen LogP contribution < -0.4 is 32.2 Å². The number of pyridine rings is 1. The number of halogens is 1. The van der Waals surface area contributed by atoms with Gasteiger partial charge in [-0.1, -0.05) is 23.7 Å². The number of likely N-dealkylation sites (N-methyl/N-ethyl adjacent to an activating group) is 1. The maximum atomic E-state index is 13.6. The van der Waals surface area contributed by atoms with E-state index >= 15 is 0 Å². The van der Waals surface area contributed by atoms with Gasteiger partial charge in [0.15, 0.2) is 0 Å². The van der Waals surface area contributed by atoms with Crippen LogP contribution in [-0.2, 0) is 6.54 Å². The molecule has 2 aliphatic rings. The van der Waals surface area contributed by atoms with Crippen LogP contribution in [0.3, 0.4) is 0 Å². The molecule has 11 heteroatoms. The lowest BCUT2D eigenvalue weighted by atomic mass is 10.0. The van der Waals surface area contributed by atoms with Crippen molar-refractivity contribution in [1.29, 1.82) is 0 Å². The third-order valence-corrected chi connectivity index (χ3v) is 7.50. The highest BCUT2D eigenvalue weighted by atomic mass is 35.5. The van der Waals surface area contributed by atoms with Crippen molar-refractivity contribution in [3.8, 4) is 11.1 Å². The number of nitrogens with one attached hydrogen (secondary N) is 4. The monoisotopic (exact) mass is 543 g/mol. The van der Waals surface area contributed by atoms with E-state index in [4.69, 9.17) is 16.6 Å². The molecule has 39 heavy (non-hydrogen) atoms.